The van der Waals surface area contributed by atoms with E-state index in [2.05, 4.69) is 73.1 Å². The van der Waals surface area contributed by atoms with E-state index < -0.39 is 6.04 Å². The predicted octanol–water partition coefficient (Wildman–Crippen LogP) is 11.0. The van der Waals surface area contributed by atoms with Gasteiger partial charge in [-0.25, -0.2) is 0 Å². The molecule has 0 radical (unpaired) electrons. The highest BCUT2D eigenvalue weighted by Crippen LogP contribution is 2.10. The van der Waals surface area contributed by atoms with Gasteiger partial charge < -0.3 is 16.4 Å². The lowest BCUT2D eigenvalue weighted by molar-refractivity contribution is -0.129. The molecule has 0 aliphatic heterocycles. The van der Waals surface area contributed by atoms with Crippen LogP contribution < -0.4 is 16.4 Å². The van der Waals surface area contributed by atoms with Gasteiger partial charge in [-0.3, -0.25) is 9.59 Å². The van der Waals surface area contributed by atoms with Crippen molar-refractivity contribution in [3.63, 3.8) is 0 Å². The molecule has 5 nitrogen and oxygen atoms in total. The third-order valence-electron chi connectivity index (χ3n) is 8.38. The van der Waals surface area contributed by atoms with E-state index in [1.807, 2.05) is 0 Å². The fraction of sp³-hybridized carbons (Fsp3) is 0.756. The van der Waals surface area contributed by atoms with Crippen LogP contribution in [0.4, 0.5) is 0 Å². The largest absolute Gasteiger partial charge is 0.354 e. The Bertz CT molecular complexity index is 787. The number of allylic oxidation sites excluding steroid dienone is 8. The molecular weight excluding hydrogens is 566 g/mol. The highest BCUT2D eigenvalue weighted by molar-refractivity contribution is 5.87. The molecule has 0 bridgehead atoms. The van der Waals surface area contributed by atoms with E-state index in [0.717, 1.165) is 57.8 Å². The Morgan fingerprint density at radius 3 is 1.46 bits per heavy atom. The van der Waals surface area contributed by atoms with Crippen molar-refractivity contribution in [3.05, 3.63) is 48.6 Å². The first-order chi connectivity index (χ1) is 22.7. The molecular formula is C41H75N3O2. The maximum Gasteiger partial charge on any atom is 0.242 e. The van der Waals surface area contributed by atoms with Crippen LogP contribution in [0.15, 0.2) is 48.6 Å². The van der Waals surface area contributed by atoms with Gasteiger partial charge in [-0.1, -0.05) is 133 Å². The first-order valence-electron chi connectivity index (χ1n) is 19.5. The minimum absolute atomic E-state index is 0.0171. The van der Waals surface area contributed by atoms with Crippen molar-refractivity contribution in [3.8, 4) is 0 Å². The van der Waals surface area contributed by atoms with Gasteiger partial charge in [-0.2, -0.15) is 0 Å². The maximum absolute atomic E-state index is 12.8. The van der Waals surface area contributed by atoms with E-state index in [0.29, 0.717) is 25.9 Å². The van der Waals surface area contributed by atoms with Gasteiger partial charge in [0, 0.05) is 13.0 Å². The summed E-state index contributed by atoms with van der Waals surface area (Å²) in [6.45, 7) is 5.69. The number of carbonyl (C=O) groups is 2. The number of amides is 2. The molecule has 2 amide bonds. The predicted molar refractivity (Wildman–Crippen MR) is 202 cm³/mol. The number of unbranched alkanes of at least 4 members (excludes halogenated alkanes) is 17. The Kier molecular flexibility index (Phi) is 35.6. The van der Waals surface area contributed by atoms with Crippen molar-refractivity contribution in [2.24, 2.45) is 5.73 Å². The SMILES string of the molecule is CCCCCC=CCC=CCCCCCCCCNC(=O)C(CCCN)NC(=O)CCCCCCCC=CCC=CCCCCC. The van der Waals surface area contributed by atoms with Crippen molar-refractivity contribution < 1.29 is 9.59 Å². The van der Waals surface area contributed by atoms with Crippen LogP contribution in [0.2, 0.25) is 0 Å². The fourth-order valence-electron chi connectivity index (χ4n) is 5.40. The number of hydrogen-bond donors (Lipinski definition) is 3. The normalized spacial score (nSPS) is 12.7. The Hall–Kier alpha value is -2.14. The van der Waals surface area contributed by atoms with Crippen LogP contribution >= 0.6 is 0 Å². The molecule has 0 aliphatic carbocycles. The Morgan fingerprint density at radius 2 is 0.978 bits per heavy atom. The second-order valence-corrected chi connectivity index (χ2v) is 12.9. The highest BCUT2D eigenvalue weighted by atomic mass is 16.2. The summed E-state index contributed by atoms with van der Waals surface area (Å²) in [4.78, 5) is 25.3. The van der Waals surface area contributed by atoms with Gasteiger partial charge in [0.2, 0.25) is 11.8 Å². The summed E-state index contributed by atoms with van der Waals surface area (Å²) in [5.41, 5.74) is 5.69. The van der Waals surface area contributed by atoms with Crippen molar-refractivity contribution in [1.29, 1.82) is 0 Å². The lowest BCUT2D eigenvalue weighted by Gasteiger charge is -2.18. The zero-order valence-corrected chi connectivity index (χ0v) is 30.4. The summed E-state index contributed by atoms with van der Waals surface area (Å²) in [5, 5.41) is 6.03. The summed E-state index contributed by atoms with van der Waals surface area (Å²) >= 11 is 0. The molecule has 0 aromatic carbocycles. The van der Waals surface area contributed by atoms with Gasteiger partial charge in [0.25, 0.3) is 0 Å². The molecule has 0 aromatic heterocycles. The Morgan fingerprint density at radius 1 is 0.543 bits per heavy atom. The lowest BCUT2D eigenvalue weighted by Crippen LogP contribution is -2.47. The third kappa shape index (κ3) is 33.2. The average molecular weight is 642 g/mol. The van der Waals surface area contributed by atoms with Gasteiger partial charge >= 0.3 is 0 Å². The average Bonchev–Trinajstić information content (AvgIpc) is 3.06. The van der Waals surface area contributed by atoms with Crippen molar-refractivity contribution in [1.82, 2.24) is 10.6 Å². The second kappa shape index (κ2) is 37.3. The molecule has 5 heteroatoms. The van der Waals surface area contributed by atoms with Crippen molar-refractivity contribution >= 4 is 11.8 Å². The summed E-state index contributed by atoms with van der Waals surface area (Å²) in [7, 11) is 0. The van der Waals surface area contributed by atoms with E-state index in [9.17, 15) is 9.59 Å². The summed E-state index contributed by atoms with van der Waals surface area (Å²) in [5.74, 6) is -0.0824. The molecule has 0 saturated carbocycles. The fourth-order valence-corrected chi connectivity index (χ4v) is 5.40. The number of rotatable bonds is 34. The molecule has 0 aliphatic rings. The number of nitrogens with two attached hydrogens (primary N) is 1. The topological polar surface area (TPSA) is 84.2 Å². The monoisotopic (exact) mass is 642 g/mol. The summed E-state index contributed by atoms with van der Waals surface area (Å²) in [6.07, 6.45) is 47.5. The zero-order valence-electron chi connectivity index (χ0n) is 30.4. The molecule has 0 fully saturated rings. The number of hydrogen-bond acceptors (Lipinski definition) is 3. The van der Waals surface area contributed by atoms with Crippen LogP contribution in [-0.2, 0) is 9.59 Å². The standard InChI is InChI=1S/C41H75N3O2/c1-3-5-7-9-11-13-15-17-19-21-23-25-27-29-31-33-38-43-41(46)39(35-34-37-42)44-40(45)36-32-30-28-26-24-22-20-18-16-14-12-10-8-6-4-2/h11-14,17-20,39H,3-10,15-16,21-38,42H2,1-2H3,(H,43,46)(H,44,45). The minimum Gasteiger partial charge on any atom is -0.354 e. The molecule has 1 atom stereocenters. The van der Waals surface area contributed by atoms with Gasteiger partial charge in [0.05, 0.1) is 0 Å². The van der Waals surface area contributed by atoms with Crippen molar-refractivity contribution in [2.75, 3.05) is 13.1 Å². The molecule has 0 saturated heterocycles. The molecule has 0 aromatic rings. The van der Waals surface area contributed by atoms with Crippen LogP contribution in [0.5, 0.6) is 0 Å². The Balaban J connectivity index is 3.84. The van der Waals surface area contributed by atoms with E-state index in [-0.39, 0.29) is 11.8 Å². The lowest BCUT2D eigenvalue weighted by atomic mass is 10.1. The van der Waals surface area contributed by atoms with Crippen LogP contribution in [0.25, 0.3) is 0 Å². The quantitative estimate of drug-likeness (QED) is 0.0483. The highest BCUT2D eigenvalue weighted by Gasteiger charge is 2.19. The number of carbonyl (C=O) groups excluding carboxylic acids is 2. The van der Waals surface area contributed by atoms with E-state index in [4.69, 9.17) is 5.73 Å². The van der Waals surface area contributed by atoms with Crippen LogP contribution in [0, 0.1) is 0 Å². The Labute approximate surface area is 285 Å². The maximum atomic E-state index is 12.8. The molecule has 0 spiro atoms. The van der Waals surface area contributed by atoms with E-state index in [1.54, 1.807) is 0 Å². The van der Waals surface area contributed by atoms with Crippen LogP contribution in [0.1, 0.15) is 181 Å². The first kappa shape index (κ1) is 43.9. The smallest absolute Gasteiger partial charge is 0.242 e. The first-order valence-corrected chi connectivity index (χ1v) is 19.5. The van der Waals surface area contributed by atoms with Crippen LogP contribution in [-0.4, -0.2) is 30.9 Å². The molecule has 4 N–H and O–H groups in total. The third-order valence-corrected chi connectivity index (χ3v) is 8.38. The van der Waals surface area contributed by atoms with Gasteiger partial charge in [0.15, 0.2) is 0 Å². The van der Waals surface area contributed by atoms with Crippen LogP contribution in [0.3, 0.4) is 0 Å². The molecule has 46 heavy (non-hydrogen) atoms. The molecule has 0 rings (SSSR count). The van der Waals surface area contributed by atoms with Gasteiger partial charge in [-0.15, -0.1) is 0 Å². The van der Waals surface area contributed by atoms with E-state index >= 15 is 0 Å². The van der Waals surface area contributed by atoms with E-state index in [1.165, 1.54) is 96.3 Å². The summed E-state index contributed by atoms with van der Waals surface area (Å²) < 4.78 is 0. The van der Waals surface area contributed by atoms with Gasteiger partial charge in [0.1, 0.15) is 6.04 Å². The van der Waals surface area contributed by atoms with Gasteiger partial charge in [-0.05, 0) is 96.4 Å². The zero-order chi connectivity index (χ0) is 33.6. The minimum atomic E-state index is -0.473. The molecule has 0 heterocycles. The van der Waals surface area contributed by atoms with Crippen molar-refractivity contribution in [2.45, 2.75) is 187 Å². The molecule has 1 unspecified atom stereocenters. The molecule has 266 valence electrons. The summed E-state index contributed by atoms with van der Waals surface area (Å²) in [6, 6.07) is -0.473. The number of nitrogens with one attached hydrogen (secondary N) is 2. The second-order valence-electron chi connectivity index (χ2n) is 12.9.